The van der Waals surface area contributed by atoms with E-state index in [0.717, 1.165) is 38.5 Å². The maximum atomic E-state index is 11.8. The summed E-state index contributed by atoms with van der Waals surface area (Å²) in [6, 6.07) is 0. The first-order chi connectivity index (χ1) is 8.09. The third kappa shape index (κ3) is 3.32. The molecule has 0 aromatic carbocycles. The number of hydrogen-bond acceptors (Lipinski definition) is 2. The average molecular weight is 237 g/mol. The Balaban J connectivity index is 1.75. The standard InChI is InChI=1S/C14H23NO2/c1-11-6-8-14(17,9-7-11)10-15-13(16)12-4-2-3-5-12/h2-3,11-12,17H,4-10H2,1H3,(H,15,16). The van der Waals surface area contributed by atoms with Gasteiger partial charge in [-0.15, -0.1) is 0 Å². The van der Waals surface area contributed by atoms with Crippen molar-refractivity contribution in [3.05, 3.63) is 12.2 Å². The summed E-state index contributed by atoms with van der Waals surface area (Å²) in [5.74, 6) is 0.910. The molecule has 1 fully saturated rings. The first-order valence-electron chi connectivity index (χ1n) is 6.74. The van der Waals surface area contributed by atoms with E-state index in [2.05, 4.69) is 24.4 Å². The lowest BCUT2D eigenvalue weighted by Gasteiger charge is -2.35. The highest BCUT2D eigenvalue weighted by Crippen LogP contribution is 2.31. The molecule has 17 heavy (non-hydrogen) atoms. The van der Waals surface area contributed by atoms with Crippen LogP contribution >= 0.6 is 0 Å². The molecule has 0 radical (unpaired) electrons. The molecular formula is C14H23NO2. The quantitative estimate of drug-likeness (QED) is 0.738. The second kappa shape index (κ2) is 5.21. The molecule has 2 aliphatic carbocycles. The van der Waals surface area contributed by atoms with Crippen LogP contribution in [0.15, 0.2) is 12.2 Å². The van der Waals surface area contributed by atoms with E-state index in [4.69, 9.17) is 0 Å². The Morgan fingerprint density at radius 2 is 1.94 bits per heavy atom. The molecule has 2 aliphatic rings. The highest BCUT2D eigenvalue weighted by molar-refractivity contribution is 5.79. The van der Waals surface area contributed by atoms with E-state index in [1.807, 2.05) is 0 Å². The predicted molar refractivity (Wildman–Crippen MR) is 67.5 cm³/mol. The van der Waals surface area contributed by atoms with Gasteiger partial charge in [-0.2, -0.15) is 0 Å². The van der Waals surface area contributed by atoms with Gasteiger partial charge in [-0.3, -0.25) is 4.79 Å². The summed E-state index contributed by atoms with van der Waals surface area (Å²) in [7, 11) is 0. The van der Waals surface area contributed by atoms with Crippen molar-refractivity contribution in [3.8, 4) is 0 Å². The van der Waals surface area contributed by atoms with Gasteiger partial charge in [0.2, 0.25) is 5.91 Å². The Bertz CT molecular complexity index is 295. The zero-order valence-corrected chi connectivity index (χ0v) is 10.6. The molecule has 1 saturated carbocycles. The molecule has 0 spiro atoms. The van der Waals surface area contributed by atoms with Crippen LogP contribution in [0.2, 0.25) is 0 Å². The second-order valence-electron chi connectivity index (χ2n) is 5.76. The second-order valence-corrected chi connectivity index (χ2v) is 5.76. The van der Waals surface area contributed by atoms with Crippen LogP contribution in [0, 0.1) is 11.8 Å². The summed E-state index contributed by atoms with van der Waals surface area (Å²) >= 11 is 0. The minimum Gasteiger partial charge on any atom is -0.388 e. The molecule has 0 aliphatic heterocycles. The molecular weight excluding hydrogens is 214 g/mol. The van der Waals surface area contributed by atoms with E-state index in [-0.39, 0.29) is 11.8 Å². The van der Waals surface area contributed by atoms with E-state index in [9.17, 15) is 9.90 Å². The Kier molecular flexibility index (Phi) is 3.87. The number of rotatable bonds is 3. The van der Waals surface area contributed by atoms with Crippen molar-refractivity contribution in [2.24, 2.45) is 11.8 Å². The van der Waals surface area contributed by atoms with E-state index < -0.39 is 5.60 Å². The van der Waals surface area contributed by atoms with Crippen LogP contribution < -0.4 is 5.32 Å². The van der Waals surface area contributed by atoms with E-state index in [1.165, 1.54) is 0 Å². The summed E-state index contributed by atoms with van der Waals surface area (Å²) < 4.78 is 0. The van der Waals surface area contributed by atoms with Crippen LogP contribution in [0.4, 0.5) is 0 Å². The molecule has 0 saturated heterocycles. The van der Waals surface area contributed by atoms with Crippen LogP contribution in [-0.2, 0) is 4.79 Å². The van der Waals surface area contributed by atoms with Gasteiger partial charge in [-0.05, 0) is 44.4 Å². The smallest absolute Gasteiger partial charge is 0.223 e. The molecule has 0 aromatic heterocycles. The van der Waals surface area contributed by atoms with Crippen LogP contribution in [0.5, 0.6) is 0 Å². The Morgan fingerprint density at radius 1 is 1.35 bits per heavy atom. The number of carbonyl (C=O) groups is 1. The monoisotopic (exact) mass is 237 g/mol. The van der Waals surface area contributed by atoms with Crippen molar-refractivity contribution >= 4 is 5.91 Å². The summed E-state index contributed by atoms with van der Waals surface area (Å²) in [4.78, 5) is 11.8. The number of nitrogens with one attached hydrogen (secondary N) is 1. The van der Waals surface area contributed by atoms with Gasteiger partial charge in [0, 0.05) is 12.5 Å². The van der Waals surface area contributed by atoms with Crippen LogP contribution in [0.3, 0.4) is 0 Å². The maximum Gasteiger partial charge on any atom is 0.223 e. The van der Waals surface area contributed by atoms with Crippen LogP contribution in [0.1, 0.15) is 45.4 Å². The van der Waals surface area contributed by atoms with Gasteiger partial charge < -0.3 is 10.4 Å². The first kappa shape index (κ1) is 12.6. The normalized spacial score (nSPS) is 33.9. The number of amides is 1. The van der Waals surface area contributed by atoms with E-state index in [1.54, 1.807) is 0 Å². The van der Waals surface area contributed by atoms with Crippen LogP contribution in [-0.4, -0.2) is 23.2 Å². The van der Waals surface area contributed by atoms with Crippen molar-refractivity contribution in [2.45, 2.75) is 51.0 Å². The molecule has 3 nitrogen and oxygen atoms in total. The fourth-order valence-corrected chi connectivity index (χ4v) is 2.70. The number of allylic oxidation sites excluding steroid dienone is 2. The molecule has 0 atom stereocenters. The van der Waals surface area contributed by atoms with Gasteiger partial charge in [-0.1, -0.05) is 19.1 Å². The van der Waals surface area contributed by atoms with Gasteiger partial charge in [-0.25, -0.2) is 0 Å². The van der Waals surface area contributed by atoms with E-state index in [0.29, 0.717) is 12.5 Å². The largest absolute Gasteiger partial charge is 0.388 e. The summed E-state index contributed by atoms with van der Waals surface area (Å²) in [5.41, 5.74) is -0.659. The SMILES string of the molecule is CC1CCC(O)(CNC(=O)C2CC=CC2)CC1. The fourth-order valence-electron chi connectivity index (χ4n) is 2.70. The van der Waals surface area contributed by atoms with Crippen molar-refractivity contribution in [1.29, 1.82) is 0 Å². The Labute approximate surface area is 103 Å². The third-order valence-corrected chi connectivity index (χ3v) is 4.18. The van der Waals surface area contributed by atoms with Gasteiger partial charge in [0.15, 0.2) is 0 Å². The van der Waals surface area contributed by atoms with Crippen LogP contribution in [0.25, 0.3) is 0 Å². The Morgan fingerprint density at radius 3 is 2.53 bits per heavy atom. The maximum absolute atomic E-state index is 11.8. The zero-order chi connectivity index (χ0) is 12.3. The lowest BCUT2D eigenvalue weighted by atomic mass is 9.79. The fraction of sp³-hybridized carbons (Fsp3) is 0.786. The summed E-state index contributed by atoms with van der Waals surface area (Å²) in [6.07, 6.45) is 9.58. The van der Waals surface area contributed by atoms with Gasteiger partial charge in [0.05, 0.1) is 5.60 Å². The molecule has 0 heterocycles. The zero-order valence-electron chi connectivity index (χ0n) is 10.6. The minimum atomic E-state index is -0.659. The number of aliphatic hydroxyl groups is 1. The molecule has 0 aromatic rings. The molecule has 0 bridgehead atoms. The molecule has 96 valence electrons. The van der Waals surface area contributed by atoms with Gasteiger partial charge in [0.25, 0.3) is 0 Å². The predicted octanol–water partition coefficient (Wildman–Crippen LogP) is 2.01. The van der Waals surface area contributed by atoms with Crippen molar-refractivity contribution < 1.29 is 9.90 Å². The van der Waals surface area contributed by atoms with Gasteiger partial charge >= 0.3 is 0 Å². The molecule has 2 N–H and O–H groups in total. The molecule has 2 rings (SSSR count). The number of carbonyl (C=O) groups excluding carboxylic acids is 1. The summed E-state index contributed by atoms with van der Waals surface area (Å²) in [6.45, 7) is 2.65. The van der Waals surface area contributed by atoms with Crippen molar-refractivity contribution in [3.63, 3.8) is 0 Å². The third-order valence-electron chi connectivity index (χ3n) is 4.18. The highest BCUT2D eigenvalue weighted by atomic mass is 16.3. The topological polar surface area (TPSA) is 49.3 Å². The first-order valence-corrected chi connectivity index (χ1v) is 6.74. The lowest BCUT2D eigenvalue weighted by Crippen LogP contribution is -2.46. The lowest BCUT2D eigenvalue weighted by molar-refractivity contribution is -0.126. The van der Waals surface area contributed by atoms with Crippen molar-refractivity contribution in [2.75, 3.05) is 6.54 Å². The Hall–Kier alpha value is -0.830. The minimum absolute atomic E-state index is 0.0983. The van der Waals surface area contributed by atoms with E-state index >= 15 is 0 Å². The van der Waals surface area contributed by atoms with Gasteiger partial charge in [0.1, 0.15) is 0 Å². The molecule has 1 amide bonds. The summed E-state index contributed by atoms with van der Waals surface area (Å²) in [5, 5.41) is 13.3. The molecule has 3 heteroatoms. The van der Waals surface area contributed by atoms with Crippen molar-refractivity contribution in [1.82, 2.24) is 5.32 Å². The highest BCUT2D eigenvalue weighted by Gasteiger charge is 2.32. The number of hydrogen-bond donors (Lipinski definition) is 2. The average Bonchev–Trinajstić information content (AvgIpc) is 2.84. The molecule has 0 unspecified atom stereocenters.